The maximum Gasteiger partial charge on any atom is 0.264 e. The fourth-order valence-electron chi connectivity index (χ4n) is 6.32. The number of carbonyl (C=O) groups is 2. The summed E-state index contributed by atoms with van der Waals surface area (Å²) in [6.07, 6.45) is 5.25. The topological polar surface area (TPSA) is 105 Å². The van der Waals surface area contributed by atoms with Crippen LogP contribution >= 0.6 is 15.9 Å². The van der Waals surface area contributed by atoms with Crippen LogP contribution in [0.1, 0.15) is 43.2 Å². The average molecular weight is 747 g/mol. The number of amides is 2. The summed E-state index contributed by atoms with van der Waals surface area (Å²) in [5.74, 6) is 0.123. The first-order valence-electron chi connectivity index (χ1n) is 16.6. The molecule has 1 aliphatic carbocycles. The first kappa shape index (κ1) is 34.5. The number of benzene rings is 4. The van der Waals surface area contributed by atoms with Crippen molar-refractivity contribution >= 4 is 43.5 Å². The smallest absolute Gasteiger partial charge is 0.264 e. The second kappa shape index (κ2) is 15.9. The molecule has 0 radical (unpaired) electrons. The number of halogens is 1. The van der Waals surface area contributed by atoms with Gasteiger partial charge in [0.2, 0.25) is 11.8 Å². The van der Waals surface area contributed by atoms with Gasteiger partial charge in [-0.3, -0.25) is 13.9 Å². The molecule has 0 bridgehead atoms. The van der Waals surface area contributed by atoms with Gasteiger partial charge in [0.15, 0.2) is 11.5 Å². The maximum atomic E-state index is 14.8. The van der Waals surface area contributed by atoms with E-state index < -0.39 is 28.5 Å². The van der Waals surface area contributed by atoms with E-state index in [-0.39, 0.29) is 35.5 Å². The largest absolute Gasteiger partial charge is 0.486 e. The van der Waals surface area contributed by atoms with Gasteiger partial charge in [-0.05, 0) is 60.4 Å². The standard InChI is InChI=1S/C38H40BrN3O6S/c39-30-18-16-29(17-19-30)26-41(34(24-28-10-4-1-5-11-28)38(44)40-31-12-6-2-7-13-31)37(43)27-42(49(45,46)33-14-8-3-9-15-33)32-20-21-35-36(25-32)48-23-22-47-35/h1,3-5,8-11,14-21,25,31,34H,2,6-7,12-13,22-24,26-27H2,(H,40,44)/t34-/m0/s1. The van der Waals surface area contributed by atoms with Gasteiger partial charge in [0.05, 0.1) is 10.6 Å². The molecule has 0 spiro atoms. The lowest BCUT2D eigenvalue weighted by atomic mass is 9.94. The molecule has 6 rings (SSSR count). The van der Waals surface area contributed by atoms with Gasteiger partial charge in [-0.25, -0.2) is 8.42 Å². The Kier molecular flexibility index (Phi) is 11.2. The molecule has 1 aliphatic heterocycles. The van der Waals surface area contributed by atoms with E-state index in [0.29, 0.717) is 24.7 Å². The molecule has 0 saturated heterocycles. The van der Waals surface area contributed by atoms with Crippen LogP contribution in [0.25, 0.3) is 0 Å². The molecule has 1 heterocycles. The van der Waals surface area contributed by atoms with E-state index in [1.807, 2.05) is 54.6 Å². The summed E-state index contributed by atoms with van der Waals surface area (Å²) in [5.41, 5.74) is 1.94. The Labute approximate surface area is 296 Å². The van der Waals surface area contributed by atoms with Crippen molar-refractivity contribution in [1.82, 2.24) is 10.2 Å². The van der Waals surface area contributed by atoms with E-state index in [1.54, 1.807) is 36.4 Å². The van der Waals surface area contributed by atoms with Crippen molar-refractivity contribution in [3.05, 3.63) is 119 Å². The molecule has 2 amide bonds. The summed E-state index contributed by atoms with van der Waals surface area (Å²) in [5, 5.41) is 3.24. The molecule has 1 atom stereocenters. The van der Waals surface area contributed by atoms with Crippen molar-refractivity contribution in [1.29, 1.82) is 0 Å². The van der Waals surface area contributed by atoms with Crippen molar-refractivity contribution in [3.8, 4) is 11.5 Å². The van der Waals surface area contributed by atoms with Gasteiger partial charge in [-0.15, -0.1) is 0 Å². The molecular formula is C38H40BrN3O6S. The first-order chi connectivity index (χ1) is 23.8. The number of hydrogen-bond acceptors (Lipinski definition) is 6. The van der Waals surface area contributed by atoms with Crippen LogP contribution in [-0.2, 0) is 32.6 Å². The van der Waals surface area contributed by atoms with E-state index in [1.165, 1.54) is 17.0 Å². The molecule has 1 saturated carbocycles. The highest BCUT2D eigenvalue weighted by Crippen LogP contribution is 2.36. The average Bonchev–Trinajstić information content (AvgIpc) is 3.13. The van der Waals surface area contributed by atoms with E-state index in [0.717, 1.165) is 52.0 Å². The number of nitrogens with one attached hydrogen (secondary N) is 1. The molecule has 2 aliphatic rings. The zero-order chi connectivity index (χ0) is 34.2. The number of anilines is 1. The van der Waals surface area contributed by atoms with Crippen molar-refractivity contribution in [2.45, 2.75) is 62.0 Å². The second-order valence-corrected chi connectivity index (χ2v) is 15.1. The molecule has 4 aromatic carbocycles. The number of fused-ring (bicyclic) bond motifs is 1. The predicted octanol–water partition coefficient (Wildman–Crippen LogP) is 6.50. The van der Waals surface area contributed by atoms with E-state index in [4.69, 9.17) is 9.47 Å². The minimum atomic E-state index is -4.23. The maximum absolute atomic E-state index is 14.8. The third-order valence-corrected chi connectivity index (χ3v) is 11.2. The zero-order valence-electron chi connectivity index (χ0n) is 27.2. The van der Waals surface area contributed by atoms with Crippen LogP contribution in [0.3, 0.4) is 0 Å². The highest BCUT2D eigenvalue weighted by molar-refractivity contribution is 9.10. The van der Waals surface area contributed by atoms with Crippen LogP contribution in [0.4, 0.5) is 5.69 Å². The summed E-state index contributed by atoms with van der Waals surface area (Å²) in [4.78, 5) is 30.6. The van der Waals surface area contributed by atoms with Crippen LogP contribution in [0.5, 0.6) is 11.5 Å². The Morgan fingerprint density at radius 1 is 0.796 bits per heavy atom. The number of sulfonamides is 1. The van der Waals surface area contributed by atoms with Crippen LogP contribution in [0, 0.1) is 0 Å². The summed E-state index contributed by atoms with van der Waals surface area (Å²) in [7, 11) is -4.23. The first-order valence-corrected chi connectivity index (χ1v) is 18.9. The second-order valence-electron chi connectivity index (χ2n) is 12.3. The fourth-order valence-corrected chi connectivity index (χ4v) is 8.01. The van der Waals surface area contributed by atoms with Gasteiger partial charge < -0.3 is 19.7 Å². The molecule has 9 nitrogen and oxygen atoms in total. The normalized spacial score (nSPS) is 15.2. The fraction of sp³-hybridized carbons (Fsp3) is 0.316. The van der Waals surface area contributed by atoms with E-state index in [2.05, 4.69) is 21.2 Å². The Hall–Kier alpha value is -4.35. The number of ether oxygens (including phenoxy) is 2. The number of rotatable bonds is 12. The van der Waals surface area contributed by atoms with E-state index in [9.17, 15) is 18.0 Å². The number of nitrogens with zero attached hydrogens (tertiary/aromatic N) is 2. The van der Waals surface area contributed by atoms with Crippen molar-refractivity contribution in [3.63, 3.8) is 0 Å². The molecule has 1 fully saturated rings. The van der Waals surface area contributed by atoms with Crippen LogP contribution in [0.2, 0.25) is 0 Å². The van der Waals surface area contributed by atoms with Crippen molar-refractivity contribution in [2.24, 2.45) is 0 Å². The van der Waals surface area contributed by atoms with Gasteiger partial charge in [0, 0.05) is 29.5 Å². The zero-order valence-corrected chi connectivity index (χ0v) is 29.6. The Balaban J connectivity index is 1.40. The SMILES string of the molecule is O=C(NC1CCCCC1)[C@H](Cc1ccccc1)N(Cc1ccc(Br)cc1)C(=O)CN(c1ccc2c(c1)OCCO2)S(=O)(=O)c1ccccc1. The lowest BCUT2D eigenvalue weighted by molar-refractivity contribution is -0.140. The van der Waals surface area contributed by atoms with Gasteiger partial charge in [-0.1, -0.05) is 95.9 Å². The lowest BCUT2D eigenvalue weighted by Crippen LogP contribution is -2.55. The molecular weight excluding hydrogens is 706 g/mol. The number of carbonyl (C=O) groups excluding carboxylic acids is 2. The van der Waals surface area contributed by atoms with Crippen molar-refractivity contribution in [2.75, 3.05) is 24.1 Å². The summed E-state index contributed by atoms with van der Waals surface area (Å²) in [6, 6.07) is 29.1. The molecule has 0 aromatic heterocycles. The third kappa shape index (κ3) is 8.63. The Morgan fingerprint density at radius 3 is 2.14 bits per heavy atom. The van der Waals surface area contributed by atoms with Crippen LogP contribution in [0.15, 0.2) is 112 Å². The molecule has 1 N–H and O–H groups in total. The summed E-state index contributed by atoms with van der Waals surface area (Å²) in [6.45, 7) is 0.254. The minimum absolute atomic E-state index is 0.0248. The quantitative estimate of drug-likeness (QED) is 0.178. The van der Waals surface area contributed by atoms with Gasteiger partial charge in [-0.2, -0.15) is 0 Å². The van der Waals surface area contributed by atoms with Crippen LogP contribution < -0.4 is 19.1 Å². The van der Waals surface area contributed by atoms with Gasteiger partial charge in [0.25, 0.3) is 10.0 Å². The highest BCUT2D eigenvalue weighted by atomic mass is 79.9. The van der Waals surface area contributed by atoms with E-state index >= 15 is 0 Å². The Morgan fingerprint density at radius 2 is 1.45 bits per heavy atom. The summed E-state index contributed by atoms with van der Waals surface area (Å²) >= 11 is 3.48. The highest BCUT2D eigenvalue weighted by Gasteiger charge is 2.36. The summed E-state index contributed by atoms with van der Waals surface area (Å²) < 4.78 is 42.1. The van der Waals surface area contributed by atoms with Gasteiger partial charge in [0.1, 0.15) is 25.8 Å². The third-order valence-electron chi connectivity index (χ3n) is 8.91. The van der Waals surface area contributed by atoms with Crippen LogP contribution in [-0.4, -0.2) is 57.0 Å². The lowest BCUT2D eigenvalue weighted by Gasteiger charge is -2.35. The monoisotopic (exact) mass is 745 g/mol. The molecule has 256 valence electrons. The minimum Gasteiger partial charge on any atom is -0.486 e. The van der Waals surface area contributed by atoms with Crippen molar-refractivity contribution < 1.29 is 27.5 Å². The Bertz CT molecular complexity index is 1830. The molecule has 4 aromatic rings. The van der Waals surface area contributed by atoms with Gasteiger partial charge >= 0.3 is 0 Å². The molecule has 11 heteroatoms. The number of hydrogen-bond donors (Lipinski definition) is 1. The molecule has 49 heavy (non-hydrogen) atoms. The molecule has 0 unspecified atom stereocenters. The predicted molar refractivity (Wildman–Crippen MR) is 192 cm³/mol.